The van der Waals surface area contributed by atoms with Gasteiger partial charge < -0.3 is 4.57 Å². The van der Waals surface area contributed by atoms with E-state index in [2.05, 4.69) is 99.5 Å². The van der Waals surface area contributed by atoms with Crippen LogP contribution in [0.4, 0.5) is 0 Å². The number of rotatable bonds is 2. The van der Waals surface area contributed by atoms with Gasteiger partial charge in [0.1, 0.15) is 0 Å². The van der Waals surface area contributed by atoms with Crippen molar-refractivity contribution in [1.82, 2.24) is 14.5 Å². The minimum atomic E-state index is 0.694. The molecule has 2 heterocycles. The first-order valence-electron chi connectivity index (χ1n) is 12.1. The van der Waals surface area contributed by atoms with Crippen molar-refractivity contribution in [3.63, 3.8) is 0 Å². The number of para-hydroxylation sites is 1. The van der Waals surface area contributed by atoms with Crippen LogP contribution >= 0.6 is 0 Å². The largest absolute Gasteiger partial charge is 0.334 e. The molecule has 35 heavy (non-hydrogen) atoms. The summed E-state index contributed by atoms with van der Waals surface area (Å²) in [5.74, 6) is 0. The van der Waals surface area contributed by atoms with Crippen LogP contribution < -0.4 is 0 Å². The third kappa shape index (κ3) is 2.55. The van der Waals surface area contributed by atoms with Crippen LogP contribution in [0.25, 0.3) is 54.5 Å². The second-order valence-electron chi connectivity index (χ2n) is 9.42. The molecule has 0 N–H and O–H groups in total. The van der Waals surface area contributed by atoms with Gasteiger partial charge in [-0.15, -0.1) is 0 Å². The average molecular weight is 448 g/mol. The predicted molar refractivity (Wildman–Crippen MR) is 144 cm³/mol. The lowest BCUT2D eigenvalue weighted by atomic mass is 9.91. The normalized spacial score (nSPS) is 12.6. The molecule has 7 aromatic rings. The van der Waals surface area contributed by atoms with Crippen molar-refractivity contribution in [2.24, 2.45) is 0 Å². The number of benzene rings is 5. The van der Waals surface area contributed by atoms with Gasteiger partial charge in [-0.3, -0.25) is 9.97 Å². The summed E-state index contributed by atoms with van der Waals surface area (Å²) in [6.07, 6.45) is 6.34. The van der Waals surface area contributed by atoms with Crippen LogP contribution in [0, 0.1) is 0 Å². The molecule has 3 nitrogen and oxygen atoms in total. The van der Waals surface area contributed by atoms with Gasteiger partial charge >= 0.3 is 0 Å². The van der Waals surface area contributed by atoms with E-state index in [9.17, 15) is 0 Å². The van der Waals surface area contributed by atoms with Gasteiger partial charge in [0.2, 0.25) is 0 Å². The molecule has 1 aliphatic carbocycles. The van der Waals surface area contributed by atoms with E-state index in [1.807, 2.05) is 6.20 Å². The average Bonchev–Trinajstić information content (AvgIpc) is 3.46. The number of aromatic nitrogens is 3. The highest BCUT2D eigenvalue weighted by atomic mass is 15.0. The molecule has 2 aromatic heterocycles. The Bertz CT molecular complexity index is 1950. The van der Waals surface area contributed by atoms with Gasteiger partial charge in [-0.2, -0.15) is 0 Å². The van der Waals surface area contributed by atoms with Gasteiger partial charge in [0.25, 0.3) is 0 Å². The standard InChI is InChI=1S/C32H21N3/c1-2-8-23-20(7-1)13-14-21-17-27-30(29(21)23)24-9-3-4-10-25(24)31-26-11-5-6-12-28(26)35(32(27)31)19-22-18-33-15-16-34-22/h1-16,18H,17,19H2. The molecular formula is C32H21N3. The van der Waals surface area contributed by atoms with Gasteiger partial charge in [-0.25, -0.2) is 0 Å². The highest BCUT2D eigenvalue weighted by Crippen LogP contribution is 2.50. The van der Waals surface area contributed by atoms with Crippen molar-refractivity contribution in [1.29, 1.82) is 0 Å². The fraction of sp³-hybridized carbons (Fsp3) is 0.0625. The van der Waals surface area contributed by atoms with Crippen molar-refractivity contribution in [3.8, 4) is 11.1 Å². The Kier molecular flexibility index (Phi) is 3.78. The van der Waals surface area contributed by atoms with E-state index in [1.165, 1.54) is 65.6 Å². The zero-order chi connectivity index (χ0) is 22.9. The fourth-order valence-corrected chi connectivity index (χ4v) is 6.24. The summed E-state index contributed by atoms with van der Waals surface area (Å²) in [5.41, 5.74) is 9.16. The number of hydrogen-bond acceptors (Lipinski definition) is 2. The Balaban J connectivity index is 1.59. The monoisotopic (exact) mass is 447 g/mol. The van der Waals surface area contributed by atoms with Crippen molar-refractivity contribution in [2.75, 3.05) is 0 Å². The maximum absolute atomic E-state index is 4.62. The molecule has 0 saturated carbocycles. The Morgan fingerprint density at radius 1 is 0.686 bits per heavy atom. The van der Waals surface area contributed by atoms with Crippen LogP contribution in [-0.4, -0.2) is 14.5 Å². The number of nitrogens with zero attached hydrogens (tertiary/aromatic N) is 3. The molecule has 0 aliphatic heterocycles. The lowest BCUT2D eigenvalue weighted by Crippen LogP contribution is -2.03. The van der Waals surface area contributed by atoms with Gasteiger partial charge in [0.15, 0.2) is 0 Å². The first kappa shape index (κ1) is 18.9. The summed E-state index contributed by atoms with van der Waals surface area (Å²) in [7, 11) is 0. The lowest BCUT2D eigenvalue weighted by molar-refractivity contribution is 0.823. The number of fused-ring (bicyclic) bond motifs is 12. The van der Waals surface area contributed by atoms with Crippen molar-refractivity contribution >= 4 is 43.4 Å². The zero-order valence-corrected chi connectivity index (χ0v) is 19.1. The topological polar surface area (TPSA) is 30.7 Å². The van der Waals surface area contributed by atoms with Gasteiger partial charge in [-0.1, -0.05) is 78.9 Å². The third-order valence-electron chi connectivity index (χ3n) is 7.59. The fourth-order valence-electron chi connectivity index (χ4n) is 6.24. The Labute approximate surface area is 202 Å². The highest BCUT2D eigenvalue weighted by Gasteiger charge is 2.29. The molecule has 1 aliphatic rings. The molecule has 0 bridgehead atoms. The molecule has 5 aromatic carbocycles. The summed E-state index contributed by atoms with van der Waals surface area (Å²) in [5, 5.41) is 7.93. The van der Waals surface area contributed by atoms with Crippen molar-refractivity contribution < 1.29 is 0 Å². The first-order valence-corrected chi connectivity index (χ1v) is 12.1. The molecule has 0 radical (unpaired) electrons. The van der Waals surface area contributed by atoms with E-state index in [0.717, 1.165) is 12.1 Å². The van der Waals surface area contributed by atoms with Gasteiger partial charge in [0.05, 0.1) is 24.0 Å². The van der Waals surface area contributed by atoms with Crippen LogP contribution in [0.1, 0.15) is 16.8 Å². The van der Waals surface area contributed by atoms with Crippen molar-refractivity contribution in [2.45, 2.75) is 13.0 Å². The predicted octanol–water partition coefficient (Wildman–Crippen LogP) is 7.51. The second-order valence-corrected chi connectivity index (χ2v) is 9.42. The quantitative estimate of drug-likeness (QED) is 0.274. The van der Waals surface area contributed by atoms with E-state index in [0.29, 0.717) is 6.54 Å². The van der Waals surface area contributed by atoms with E-state index in [4.69, 9.17) is 0 Å². The molecule has 164 valence electrons. The van der Waals surface area contributed by atoms with Crippen molar-refractivity contribution in [3.05, 3.63) is 120 Å². The SMILES string of the molecule is c1ccc2c3c(ccc2c1)Cc1c-3c2ccccc2c2c3ccccc3n(Cc3cnccn3)c12. The van der Waals surface area contributed by atoms with E-state index in [1.54, 1.807) is 12.4 Å². The molecule has 0 fully saturated rings. The Hall–Kier alpha value is -4.50. The van der Waals surface area contributed by atoms with Crippen LogP contribution in [0.15, 0.2) is 104 Å². The van der Waals surface area contributed by atoms with E-state index in [-0.39, 0.29) is 0 Å². The molecule has 0 saturated heterocycles. The third-order valence-corrected chi connectivity index (χ3v) is 7.59. The van der Waals surface area contributed by atoms with Crippen LogP contribution in [0.5, 0.6) is 0 Å². The van der Waals surface area contributed by atoms with Crippen LogP contribution in [0.2, 0.25) is 0 Å². The zero-order valence-electron chi connectivity index (χ0n) is 19.1. The summed E-state index contributed by atoms with van der Waals surface area (Å²) >= 11 is 0. The molecular weight excluding hydrogens is 426 g/mol. The van der Waals surface area contributed by atoms with Crippen LogP contribution in [0.3, 0.4) is 0 Å². The minimum absolute atomic E-state index is 0.694. The van der Waals surface area contributed by atoms with Gasteiger partial charge in [-0.05, 0) is 49.9 Å². The molecule has 0 amide bonds. The summed E-state index contributed by atoms with van der Waals surface area (Å²) in [4.78, 5) is 8.96. The maximum Gasteiger partial charge on any atom is 0.0784 e. The van der Waals surface area contributed by atoms with Gasteiger partial charge in [0, 0.05) is 35.1 Å². The maximum atomic E-state index is 4.62. The molecule has 8 rings (SSSR count). The summed E-state index contributed by atoms with van der Waals surface area (Å²) in [6, 6.07) is 31.1. The lowest BCUT2D eigenvalue weighted by Gasteiger charge is -2.14. The smallest absolute Gasteiger partial charge is 0.0784 e. The second kappa shape index (κ2) is 7.00. The minimum Gasteiger partial charge on any atom is -0.334 e. The molecule has 0 unspecified atom stereocenters. The van der Waals surface area contributed by atoms with Crippen LogP contribution in [-0.2, 0) is 13.0 Å². The first-order chi connectivity index (χ1) is 17.4. The molecule has 0 spiro atoms. The Morgan fingerprint density at radius 3 is 2.31 bits per heavy atom. The number of hydrogen-bond donors (Lipinski definition) is 0. The summed E-state index contributed by atoms with van der Waals surface area (Å²) in [6.45, 7) is 0.694. The highest BCUT2D eigenvalue weighted by molar-refractivity contribution is 6.27. The Morgan fingerprint density at radius 2 is 1.46 bits per heavy atom. The van der Waals surface area contributed by atoms with E-state index < -0.39 is 0 Å². The van der Waals surface area contributed by atoms with E-state index >= 15 is 0 Å². The summed E-state index contributed by atoms with van der Waals surface area (Å²) < 4.78 is 2.47. The molecule has 0 atom stereocenters. The molecule has 3 heteroatoms.